The molecular weight excluding hydrogens is 454 g/mol. The van der Waals surface area contributed by atoms with Crippen LogP contribution in [0.3, 0.4) is 0 Å². The first kappa shape index (κ1) is 23.4. The van der Waals surface area contributed by atoms with Gasteiger partial charge in [-0.15, -0.1) is 0 Å². The van der Waals surface area contributed by atoms with Crippen molar-refractivity contribution >= 4 is 28.3 Å². The molecule has 2 heterocycles. The topological polar surface area (TPSA) is 80.0 Å². The van der Waals surface area contributed by atoms with Crippen molar-refractivity contribution in [2.45, 2.75) is 32.2 Å². The van der Waals surface area contributed by atoms with Crippen LogP contribution in [0.2, 0.25) is 0 Å². The minimum Gasteiger partial charge on any atom is -0.503 e. The Morgan fingerprint density at radius 3 is 2.25 bits per heavy atom. The lowest BCUT2D eigenvalue weighted by Gasteiger charge is -2.28. The van der Waals surface area contributed by atoms with Crippen LogP contribution in [0.15, 0.2) is 94.6 Å². The highest BCUT2D eigenvalue weighted by molar-refractivity contribution is 6.20. The molecule has 4 aromatic rings. The molecule has 1 atom stereocenters. The van der Waals surface area contributed by atoms with E-state index in [1.807, 2.05) is 42.5 Å². The largest absolute Gasteiger partial charge is 0.503 e. The number of nitrogens with zero attached hydrogens (tertiary/aromatic N) is 1. The molecule has 0 saturated carbocycles. The van der Waals surface area contributed by atoms with Crippen molar-refractivity contribution < 1.29 is 23.8 Å². The lowest BCUT2D eigenvalue weighted by Crippen LogP contribution is -2.31. The van der Waals surface area contributed by atoms with E-state index in [4.69, 9.17) is 9.15 Å². The van der Waals surface area contributed by atoms with E-state index in [2.05, 4.69) is 20.8 Å². The third-order valence-corrected chi connectivity index (χ3v) is 6.55. The molecule has 1 unspecified atom stereocenters. The van der Waals surface area contributed by atoms with E-state index in [0.29, 0.717) is 22.6 Å². The number of anilines is 1. The smallest absolute Gasteiger partial charge is 0.294 e. The van der Waals surface area contributed by atoms with E-state index < -0.39 is 23.5 Å². The maximum atomic E-state index is 13.7. The molecule has 1 N–H and O–H groups in total. The van der Waals surface area contributed by atoms with Gasteiger partial charge in [-0.2, -0.15) is 0 Å². The van der Waals surface area contributed by atoms with Crippen LogP contribution in [0, 0.1) is 0 Å². The second-order valence-electron chi connectivity index (χ2n) is 9.89. The van der Waals surface area contributed by atoms with E-state index in [-0.39, 0.29) is 16.7 Å². The predicted molar refractivity (Wildman–Crippen MR) is 139 cm³/mol. The number of carbonyl (C=O) groups is 2. The molecule has 36 heavy (non-hydrogen) atoms. The van der Waals surface area contributed by atoms with Crippen molar-refractivity contribution in [1.82, 2.24) is 0 Å². The molecular formula is C30H27NO5. The first-order chi connectivity index (χ1) is 17.2. The van der Waals surface area contributed by atoms with Crippen molar-refractivity contribution in [1.29, 1.82) is 0 Å². The third kappa shape index (κ3) is 3.94. The van der Waals surface area contributed by atoms with E-state index in [0.717, 1.165) is 10.9 Å². The third-order valence-electron chi connectivity index (χ3n) is 6.55. The molecule has 6 nitrogen and oxygen atoms in total. The number of methoxy groups -OCH3 is 1. The van der Waals surface area contributed by atoms with Crippen molar-refractivity contribution in [3.8, 4) is 5.75 Å². The van der Waals surface area contributed by atoms with Crippen LogP contribution in [0.4, 0.5) is 5.69 Å². The Hall–Kier alpha value is -4.32. The molecule has 5 rings (SSSR count). The summed E-state index contributed by atoms with van der Waals surface area (Å²) in [6.07, 6.45) is 0. The van der Waals surface area contributed by atoms with Gasteiger partial charge in [0.05, 0.1) is 18.7 Å². The van der Waals surface area contributed by atoms with Gasteiger partial charge in [-0.05, 0) is 52.9 Å². The van der Waals surface area contributed by atoms with Crippen molar-refractivity contribution in [2.24, 2.45) is 0 Å². The van der Waals surface area contributed by atoms with Gasteiger partial charge < -0.3 is 14.3 Å². The first-order valence-electron chi connectivity index (χ1n) is 11.7. The van der Waals surface area contributed by atoms with E-state index in [1.165, 1.54) is 4.90 Å². The van der Waals surface area contributed by atoms with Gasteiger partial charge in [0.1, 0.15) is 11.3 Å². The number of ether oxygens (including phenoxy) is 1. The lowest BCUT2D eigenvalue weighted by molar-refractivity contribution is -0.117. The van der Waals surface area contributed by atoms with Gasteiger partial charge in [0.15, 0.2) is 11.5 Å². The van der Waals surface area contributed by atoms with Crippen molar-refractivity contribution in [2.75, 3.05) is 12.0 Å². The van der Waals surface area contributed by atoms with Crippen LogP contribution >= 0.6 is 0 Å². The van der Waals surface area contributed by atoms with Crippen LogP contribution in [-0.2, 0) is 10.2 Å². The number of amides is 1. The molecule has 1 aliphatic heterocycles. The normalized spacial score (nSPS) is 16.2. The number of carbonyl (C=O) groups excluding carboxylic acids is 2. The number of ketones is 1. The van der Waals surface area contributed by atoms with Gasteiger partial charge >= 0.3 is 0 Å². The highest BCUT2D eigenvalue weighted by Gasteiger charge is 2.45. The number of rotatable bonds is 5. The number of hydrogen-bond acceptors (Lipinski definition) is 5. The molecule has 3 aromatic carbocycles. The molecule has 0 bridgehead atoms. The van der Waals surface area contributed by atoms with Gasteiger partial charge in [-0.25, -0.2) is 0 Å². The van der Waals surface area contributed by atoms with E-state index >= 15 is 0 Å². The lowest BCUT2D eigenvalue weighted by atomic mass is 9.85. The Bertz CT molecular complexity index is 1450. The summed E-state index contributed by atoms with van der Waals surface area (Å²) in [4.78, 5) is 28.6. The highest BCUT2D eigenvalue weighted by Crippen LogP contribution is 2.43. The monoisotopic (exact) mass is 481 g/mol. The fourth-order valence-corrected chi connectivity index (χ4v) is 4.55. The Morgan fingerprint density at radius 2 is 1.64 bits per heavy atom. The molecule has 0 radical (unpaired) electrons. The Kier molecular flexibility index (Phi) is 5.67. The molecule has 1 amide bonds. The zero-order chi connectivity index (χ0) is 25.6. The van der Waals surface area contributed by atoms with Gasteiger partial charge in [0.2, 0.25) is 5.78 Å². The quantitative estimate of drug-likeness (QED) is 0.328. The summed E-state index contributed by atoms with van der Waals surface area (Å²) < 4.78 is 11.1. The maximum Gasteiger partial charge on any atom is 0.294 e. The summed E-state index contributed by atoms with van der Waals surface area (Å²) in [5.41, 5.74) is 2.83. The zero-order valence-electron chi connectivity index (χ0n) is 20.6. The molecule has 1 aliphatic rings. The second kappa shape index (κ2) is 8.72. The standard InChI is InChI=1S/C30H27NO5/c1-30(2,3)20-11-9-18(10-12-20)26-25(27(32)24-17-19-7-5-6-8-23(19)36-24)28(33)29(34)31(26)21-13-15-22(35-4)16-14-21/h5-17,26,33H,1-4H3. The maximum absolute atomic E-state index is 13.7. The predicted octanol–water partition coefficient (Wildman–Crippen LogP) is 6.52. The summed E-state index contributed by atoms with van der Waals surface area (Å²) in [7, 11) is 1.56. The van der Waals surface area contributed by atoms with E-state index in [9.17, 15) is 14.7 Å². The van der Waals surface area contributed by atoms with Crippen LogP contribution in [0.5, 0.6) is 5.75 Å². The van der Waals surface area contributed by atoms with Gasteiger partial charge in [0.25, 0.3) is 5.91 Å². The Morgan fingerprint density at radius 1 is 0.972 bits per heavy atom. The summed E-state index contributed by atoms with van der Waals surface area (Å²) in [5, 5.41) is 11.8. The SMILES string of the molecule is COc1ccc(N2C(=O)C(O)=C(C(=O)c3cc4ccccc4o3)C2c2ccc(C(C)(C)C)cc2)cc1. The minimum absolute atomic E-state index is 0.0154. The average Bonchev–Trinajstić information content (AvgIpc) is 3.42. The molecule has 0 fully saturated rings. The van der Waals surface area contributed by atoms with Crippen LogP contribution < -0.4 is 9.64 Å². The molecule has 0 spiro atoms. The fourth-order valence-electron chi connectivity index (χ4n) is 4.55. The number of fused-ring (bicyclic) bond motifs is 1. The first-order valence-corrected chi connectivity index (χ1v) is 11.7. The van der Waals surface area contributed by atoms with Crippen LogP contribution in [-0.4, -0.2) is 23.9 Å². The Balaban J connectivity index is 1.64. The second-order valence-corrected chi connectivity index (χ2v) is 9.89. The summed E-state index contributed by atoms with van der Waals surface area (Å²) in [6.45, 7) is 6.35. The van der Waals surface area contributed by atoms with Gasteiger partial charge in [-0.1, -0.05) is 63.2 Å². The minimum atomic E-state index is -0.833. The molecule has 6 heteroatoms. The number of Topliss-reactive ketones (excluding diaryl/α,β-unsaturated/α-hetero) is 1. The molecule has 0 aliphatic carbocycles. The number of aliphatic hydroxyl groups is 1. The number of furan rings is 1. The molecule has 0 saturated heterocycles. The van der Waals surface area contributed by atoms with Crippen molar-refractivity contribution in [3.05, 3.63) is 107 Å². The van der Waals surface area contributed by atoms with Crippen LogP contribution in [0.1, 0.15) is 48.5 Å². The summed E-state index contributed by atoms with van der Waals surface area (Å²) >= 11 is 0. The summed E-state index contributed by atoms with van der Waals surface area (Å²) in [6, 6.07) is 22.8. The number of hydrogen-bond donors (Lipinski definition) is 1. The molecule has 1 aromatic heterocycles. The average molecular weight is 482 g/mol. The van der Waals surface area contributed by atoms with E-state index in [1.54, 1.807) is 43.5 Å². The van der Waals surface area contributed by atoms with Gasteiger partial charge in [0, 0.05) is 11.1 Å². The van der Waals surface area contributed by atoms with Gasteiger partial charge in [-0.3, -0.25) is 14.5 Å². The number of para-hydroxylation sites is 1. The number of aliphatic hydroxyl groups excluding tert-OH is 1. The number of benzene rings is 3. The highest BCUT2D eigenvalue weighted by atomic mass is 16.5. The fraction of sp³-hybridized carbons (Fsp3) is 0.200. The Labute approximate surface area is 209 Å². The van der Waals surface area contributed by atoms with Crippen molar-refractivity contribution in [3.63, 3.8) is 0 Å². The summed E-state index contributed by atoms with van der Waals surface area (Å²) in [5.74, 6) is -1.06. The molecule has 182 valence electrons. The van der Waals surface area contributed by atoms with Crippen LogP contribution in [0.25, 0.3) is 11.0 Å². The zero-order valence-corrected chi connectivity index (χ0v) is 20.6.